The SMILES string of the molecule is CCOc1c(Cl)cc(C(=O)Nc2ccc(C(=O)OC)c(C)c2)cc1Cl.CCOc1c(Cl)cc(C(=O)O)cc1Cl.COC(=O)c1ccc(N)cc1C. The number of nitrogen functional groups attached to an aromatic ring is 1. The molecule has 15 heteroatoms. The van der Waals surface area contributed by atoms with Crippen molar-refractivity contribution in [2.75, 3.05) is 38.5 Å². The number of carbonyl (C=O) groups excluding carboxylic acids is 3. The Bertz CT molecular complexity index is 1850. The highest BCUT2D eigenvalue weighted by atomic mass is 35.5. The summed E-state index contributed by atoms with van der Waals surface area (Å²) < 4.78 is 19.8. The number of methoxy groups -OCH3 is 2. The van der Waals surface area contributed by atoms with Crippen LogP contribution >= 0.6 is 46.4 Å². The smallest absolute Gasteiger partial charge is 0.338 e. The van der Waals surface area contributed by atoms with E-state index in [-0.39, 0.29) is 37.5 Å². The van der Waals surface area contributed by atoms with E-state index in [2.05, 4.69) is 10.1 Å². The van der Waals surface area contributed by atoms with Gasteiger partial charge in [0.25, 0.3) is 5.91 Å². The molecule has 0 aliphatic heterocycles. The summed E-state index contributed by atoms with van der Waals surface area (Å²) in [6.45, 7) is 8.02. The minimum atomic E-state index is -1.07. The first-order chi connectivity index (χ1) is 24.1. The maximum Gasteiger partial charge on any atom is 0.338 e. The van der Waals surface area contributed by atoms with Crippen LogP contribution in [0.5, 0.6) is 11.5 Å². The Morgan fingerprint density at radius 1 is 0.667 bits per heavy atom. The average molecular weight is 783 g/mol. The van der Waals surface area contributed by atoms with E-state index in [1.54, 1.807) is 50.2 Å². The number of carbonyl (C=O) groups is 4. The number of nitrogens with one attached hydrogen (secondary N) is 1. The number of aryl methyl sites for hydroxylation is 2. The van der Waals surface area contributed by atoms with E-state index in [1.165, 1.54) is 38.5 Å². The molecule has 51 heavy (non-hydrogen) atoms. The second-order valence-corrected chi connectivity index (χ2v) is 11.9. The highest BCUT2D eigenvalue weighted by Gasteiger charge is 2.16. The number of nitrogens with two attached hydrogens (primary N) is 1. The minimum Gasteiger partial charge on any atom is -0.491 e. The summed E-state index contributed by atoms with van der Waals surface area (Å²) in [5, 5.41) is 12.4. The van der Waals surface area contributed by atoms with Crippen LogP contribution in [0.2, 0.25) is 20.1 Å². The van der Waals surface area contributed by atoms with Crippen molar-refractivity contribution in [1.29, 1.82) is 0 Å². The molecule has 0 radical (unpaired) electrons. The van der Waals surface area contributed by atoms with Gasteiger partial charge in [0, 0.05) is 16.9 Å². The monoisotopic (exact) mass is 780 g/mol. The second kappa shape index (κ2) is 20.2. The van der Waals surface area contributed by atoms with E-state index in [0.29, 0.717) is 58.3 Å². The van der Waals surface area contributed by atoms with E-state index < -0.39 is 11.9 Å². The first-order valence-electron chi connectivity index (χ1n) is 15.0. The van der Waals surface area contributed by atoms with Gasteiger partial charge in [-0.15, -0.1) is 0 Å². The zero-order valence-electron chi connectivity index (χ0n) is 28.5. The molecule has 0 saturated heterocycles. The van der Waals surface area contributed by atoms with Crippen LogP contribution in [-0.2, 0) is 9.47 Å². The standard InChI is InChI=1S/C18H17Cl2NO4.C9H8Cl2O3.C9H11NO2/c1-4-25-16-14(19)8-11(9-15(16)20)17(22)21-12-5-6-13(10(2)7-12)18(23)24-3;1-2-14-8-6(10)3-5(9(12)13)4-7(8)11;1-6-5-7(10)3-4-8(6)9(11)12-2/h5-9H,4H2,1-3H3,(H,21,22);3-4H,2H2,1H3,(H,12,13);3-5H,10H2,1-2H3. The Morgan fingerprint density at radius 3 is 1.45 bits per heavy atom. The third-order valence-electron chi connectivity index (χ3n) is 6.63. The van der Waals surface area contributed by atoms with Gasteiger partial charge in [-0.3, -0.25) is 4.79 Å². The first kappa shape index (κ1) is 42.5. The van der Waals surface area contributed by atoms with Crippen LogP contribution in [0.15, 0.2) is 60.7 Å². The fourth-order valence-electron chi connectivity index (χ4n) is 4.25. The largest absolute Gasteiger partial charge is 0.491 e. The molecular weight excluding hydrogens is 746 g/mol. The molecule has 0 aromatic heterocycles. The lowest BCUT2D eigenvalue weighted by molar-refractivity contribution is 0.0591. The second-order valence-electron chi connectivity index (χ2n) is 10.3. The number of amides is 1. The predicted molar refractivity (Wildman–Crippen MR) is 200 cm³/mol. The van der Waals surface area contributed by atoms with E-state index in [4.69, 9.17) is 71.5 Å². The molecule has 272 valence electrons. The van der Waals surface area contributed by atoms with Gasteiger partial charge >= 0.3 is 17.9 Å². The van der Waals surface area contributed by atoms with Crippen molar-refractivity contribution in [3.63, 3.8) is 0 Å². The molecular formula is C36H36Cl4N2O9. The average Bonchev–Trinajstić information content (AvgIpc) is 3.07. The number of carboxylic acid groups (broad SMARTS) is 1. The lowest BCUT2D eigenvalue weighted by Gasteiger charge is -2.12. The van der Waals surface area contributed by atoms with E-state index in [0.717, 1.165) is 5.56 Å². The molecule has 4 rings (SSSR count). The van der Waals surface area contributed by atoms with Crippen molar-refractivity contribution in [2.45, 2.75) is 27.7 Å². The fraction of sp³-hybridized carbons (Fsp3) is 0.222. The molecule has 11 nitrogen and oxygen atoms in total. The fourth-order valence-corrected chi connectivity index (χ4v) is 5.44. The van der Waals surface area contributed by atoms with Crippen LogP contribution in [0, 0.1) is 13.8 Å². The Morgan fingerprint density at radius 2 is 1.08 bits per heavy atom. The molecule has 0 unspecified atom stereocenters. The lowest BCUT2D eigenvalue weighted by Crippen LogP contribution is -2.13. The molecule has 4 aromatic rings. The van der Waals surface area contributed by atoms with Gasteiger partial charge in [0.15, 0.2) is 11.5 Å². The zero-order valence-corrected chi connectivity index (χ0v) is 31.5. The molecule has 0 aliphatic rings. The Kier molecular flexibility index (Phi) is 16.9. The number of carboxylic acids is 1. The van der Waals surface area contributed by atoms with Gasteiger partial charge in [0.05, 0.1) is 64.2 Å². The summed E-state index contributed by atoms with van der Waals surface area (Å²) in [4.78, 5) is 45.7. The van der Waals surface area contributed by atoms with Crippen LogP contribution in [0.4, 0.5) is 11.4 Å². The number of hydrogen-bond acceptors (Lipinski definition) is 9. The van der Waals surface area contributed by atoms with E-state index in [9.17, 15) is 19.2 Å². The van der Waals surface area contributed by atoms with Crippen LogP contribution in [0.3, 0.4) is 0 Å². The van der Waals surface area contributed by atoms with Crippen LogP contribution in [0.25, 0.3) is 0 Å². The molecule has 0 heterocycles. The van der Waals surface area contributed by atoms with Crippen molar-refractivity contribution < 1.29 is 43.2 Å². The Labute approximate surface area is 315 Å². The number of ether oxygens (including phenoxy) is 4. The number of benzene rings is 4. The first-order valence-corrected chi connectivity index (χ1v) is 16.5. The number of aromatic carboxylic acids is 1. The summed E-state index contributed by atoms with van der Waals surface area (Å²) >= 11 is 23.8. The number of halogens is 4. The van der Waals surface area contributed by atoms with Gasteiger partial charge in [-0.1, -0.05) is 46.4 Å². The highest BCUT2D eigenvalue weighted by molar-refractivity contribution is 6.38. The van der Waals surface area contributed by atoms with Crippen LogP contribution < -0.4 is 20.5 Å². The van der Waals surface area contributed by atoms with Gasteiger partial charge < -0.3 is 35.1 Å². The Balaban J connectivity index is 0.000000292. The molecule has 0 spiro atoms. The van der Waals surface area contributed by atoms with Crippen LogP contribution in [0.1, 0.15) is 66.4 Å². The van der Waals surface area contributed by atoms with Crippen molar-refractivity contribution in [3.05, 3.63) is 114 Å². The third kappa shape index (κ3) is 12.3. The maximum absolute atomic E-state index is 12.4. The third-order valence-corrected chi connectivity index (χ3v) is 7.75. The normalized spacial score (nSPS) is 10.0. The summed E-state index contributed by atoms with van der Waals surface area (Å²) in [7, 11) is 2.68. The predicted octanol–water partition coefficient (Wildman–Crippen LogP) is 9.19. The molecule has 4 aromatic carbocycles. The summed E-state index contributed by atoms with van der Waals surface area (Å²) in [6.07, 6.45) is 0. The quantitative estimate of drug-likeness (QED) is 0.110. The summed E-state index contributed by atoms with van der Waals surface area (Å²) in [5.74, 6) is -1.54. The minimum absolute atomic E-state index is 0.0449. The molecule has 0 bridgehead atoms. The van der Waals surface area contributed by atoms with Crippen molar-refractivity contribution in [1.82, 2.24) is 0 Å². The number of rotatable bonds is 9. The number of anilines is 2. The molecule has 1 amide bonds. The summed E-state index contributed by atoms with van der Waals surface area (Å²) in [5.41, 5.74) is 9.57. The summed E-state index contributed by atoms with van der Waals surface area (Å²) in [6, 6.07) is 15.6. The van der Waals surface area contributed by atoms with E-state index in [1.807, 2.05) is 13.8 Å². The van der Waals surface area contributed by atoms with E-state index >= 15 is 0 Å². The van der Waals surface area contributed by atoms with Crippen molar-refractivity contribution >= 4 is 81.6 Å². The van der Waals surface area contributed by atoms with Crippen molar-refractivity contribution in [3.8, 4) is 11.5 Å². The van der Waals surface area contributed by atoms with Gasteiger partial charge in [0.1, 0.15) is 0 Å². The van der Waals surface area contributed by atoms with Gasteiger partial charge in [0.2, 0.25) is 0 Å². The molecule has 0 atom stereocenters. The molecule has 0 aliphatic carbocycles. The number of esters is 2. The highest BCUT2D eigenvalue weighted by Crippen LogP contribution is 2.35. The van der Waals surface area contributed by atoms with Gasteiger partial charge in [-0.25, -0.2) is 14.4 Å². The van der Waals surface area contributed by atoms with Crippen molar-refractivity contribution in [2.24, 2.45) is 0 Å². The van der Waals surface area contributed by atoms with Gasteiger partial charge in [-0.2, -0.15) is 0 Å². The molecule has 0 saturated carbocycles. The maximum atomic E-state index is 12.4. The zero-order chi connectivity index (χ0) is 38.4. The number of hydrogen-bond donors (Lipinski definition) is 3. The molecule has 0 fully saturated rings. The lowest BCUT2D eigenvalue weighted by atomic mass is 10.1. The van der Waals surface area contributed by atoms with Crippen LogP contribution in [-0.4, -0.2) is 56.4 Å². The van der Waals surface area contributed by atoms with Gasteiger partial charge in [-0.05, 0) is 99.5 Å². The molecule has 4 N–H and O–H groups in total. The topological polar surface area (TPSA) is 163 Å². The Hall–Kier alpha value is -4.68.